The van der Waals surface area contributed by atoms with Crippen molar-refractivity contribution in [3.05, 3.63) is 0 Å². The molecule has 1 saturated carbocycles. The number of hydrogen-bond donors (Lipinski definition) is 2. The maximum absolute atomic E-state index is 11.3. The van der Waals surface area contributed by atoms with E-state index in [1.54, 1.807) is 0 Å². The number of nitrogens with zero attached hydrogens (tertiary/aromatic N) is 1. The lowest BCUT2D eigenvalue weighted by Crippen LogP contribution is -2.32. The average Bonchev–Trinajstić information content (AvgIpc) is 2.48. The van der Waals surface area contributed by atoms with Crippen molar-refractivity contribution >= 4 is 11.9 Å². The number of rotatable bonds is 2. The second-order valence-electron chi connectivity index (χ2n) is 3.73. The second kappa shape index (κ2) is 4.09. The summed E-state index contributed by atoms with van der Waals surface area (Å²) in [5, 5.41) is 19.1. The number of aliphatic carboxylic acids is 1. The molecule has 0 saturated heterocycles. The monoisotopic (exact) mass is 196 g/mol. The molecule has 0 aliphatic heterocycles. The third-order valence-corrected chi connectivity index (χ3v) is 2.63. The molecule has 0 bridgehead atoms. The first kappa shape index (κ1) is 10.5. The molecule has 0 aromatic rings. The third kappa shape index (κ3) is 2.02. The van der Waals surface area contributed by atoms with Crippen LogP contribution in [0.2, 0.25) is 0 Å². The van der Waals surface area contributed by atoms with Gasteiger partial charge in [-0.2, -0.15) is 5.26 Å². The van der Waals surface area contributed by atoms with Gasteiger partial charge in [0.15, 0.2) is 6.19 Å². The van der Waals surface area contributed by atoms with Crippen molar-refractivity contribution in [1.82, 2.24) is 5.32 Å². The molecule has 0 aromatic carbocycles. The lowest BCUT2D eigenvalue weighted by molar-refractivity contribution is -0.145. The Balaban J connectivity index is 2.72. The van der Waals surface area contributed by atoms with Crippen LogP contribution >= 0.6 is 0 Å². The molecular weight excluding hydrogens is 184 g/mol. The lowest BCUT2D eigenvalue weighted by Gasteiger charge is -2.11. The van der Waals surface area contributed by atoms with Gasteiger partial charge < -0.3 is 5.11 Å². The molecule has 1 fully saturated rings. The summed E-state index contributed by atoms with van der Waals surface area (Å²) < 4.78 is 0. The summed E-state index contributed by atoms with van der Waals surface area (Å²) >= 11 is 0. The Hall–Kier alpha value is -1.57. The number of hydrogen-bond acceptors (Lipinski definition) is 3. The highest BCUT2D eigenvalue weighted by molar-refractivity contribution is 5.86. The standard InChI is InChI=1S/C9H12N2O3/c1-5-2-6(8(12)11-4-10)7(3-5)9(13)14/h5-7H,2-3H2,1H3,(H,11,12)(H,13,14). The second-order valence-corrected chi connectivity index (χ2v) is 3.73. The van der Waals surface area contributed by atoms with Crippen molar-refractivity contribution in [2.24, 2.45) is 17.8 Å². The molecule has 0 aromatic heterocycles. The minimum atomic E-state index is -0.951. The number of nitriles is 1. The van der Waals surface area contributed by atoms with Crippen LogP contribution in [0.15, 0.2) is 0 Å². The van der Waals surface area contributed by atoms with Gasteiger partial charge in [-0.15, -0.1) is 0 Å². The normalized spacial score (nSPS) is 30.7. The van der Waals surface area contributed by atoms with E-state index in [0.29, 0.717) is 12.8 Å². The van der Waals surface area contributed by atoms with E-state index in [4.69, 9.17) is 10.4 Å². The maximum Gasteiger partial charge on any atom is 0.307 e. The predicted octanol–water partition coefficient (Wildman–Crippen LogP) is 0.331. The molecule has 1 rings (SSSR count). The predicted molar refractivity (Wildman–Crippen MR) is 46.8 cm³/mol. The quantitative estimate of drug-likeness (QED) is 0.492. The van der Waals surface area contributed by atoms with Gasteiger partial charge in [0.2, 0.25) is 5.91 Å². The van der Waals surface area contributed by atoms with E-state index < -0.39 is 23.7 Å². The molecule has 0 heterocycles. The minimum absolute atomic E-state index is 0.227. The minimum Gasteiger partial charge on any atom is -0.481 e. The highest BCUT2D eigenvalue weighted by atomic mass is 16.4. The van der Waals surface area contributed by atoms with Crippen LogP contribution in [-0.4, -0.2) is 17.0 Å². The highest BCUT2D eigenvalue weighted by Crippen LogP contribution is 2.36. The SMILES string of the molecule is CC1CC(C(=O)O)C(C(=O)NC#N)C1. The molecule has 0 radical (unpaired) electrons. The van der Waals surface area contributed by atoms with Crippen molar-refractivity contribution in [3.63, 3.8) is 0 Å². The third-order valence-electron chi connectivity index (χ3n) is 2.63. The van der Waals surface area contributed by atoms with Crippen LogP contribution in [0, 0.1) is 29.2 Å². The first-order valence-corrected chi connectivity index (χ1v) is 4.48. The summed E-state index contributed by atoms with van der Waals surface area (Å²) in [4.78, 5) is 22.1. The molecule has 1 aliphatic carbocycles. The average molecular weight is 196 g/mol. The summed E-state index contributed by atoms with van der Waals surface area (Å²) in [5.74, 6) is -2.39. The Kier molecular flexibility index (Phi) is 3.07. The van der Waals surface area contributed by atoms with Crippen LogP contribution in [0.1, 0.15) is 19.8 Å². The van der Waals surface area contributed by atoms with E-state index in [1.807, 2.05) is 12.2 Å². The van der Waals surface area contributed by atoms with Crippen molar-refractivity contribution in [2.75, 3.05) is 0 Å². The van der Waals surface area contributed by atoms with Crippen LogP contribution in [0.5, 0.6) is 0 Å². The maximum atomic E-state index is 11.3. The first-order valence-electron chi connectivity index (χ1n) is 4.48. The first-order chi connectivity index (χ1) is 6.56. The van der Waals surface area contributed by atoms with Crippen LogP contribution in [0.4, 0.5) is 0 Å². The number of carboxylic acid groups (broad SMARTS) is 1. The molecule has 1 aliphatic rings. The highest BCUT2D eigenvalue weighted by Gasteiger charge is 2.41. The largest absolute Gasteiger partial charge is 0.481 e. The van der Waals surface area contributed by atoms with Gasteiger partial charge in [-0.3, -0.25) is 14.9 Å². The van der Waals surface area contributed by atoms with Gasteiger partial charge in [0.25, 0.3) is 0 Å². The molecule has 1 amide bonds. The van der Waals surface area contributed by atoms with E-state index in [9.17, 15) is 9.59 Å². The zero-order valence-electron chi connectivity index (χ0n) is 7.86. The number of amides is 1. The number of carbonyl (C=O) groups is 2. The number of nitrogens with one attached hydrogen (secondary N) is 1. The number of carbonyl (C=O) groups excluding carboxylic acids is 1. The summed E-state index contributed by atoms with van der Waals surface area (Å²) in [6.45, 7) is 1.91. The Morgan fingerprint density at radius 1 is 1.43 bits per heavy atom. The fraction of sp³-hybridized carbons (Fsp3) is 0.667. The Labute approximate surface area is 81.7 Å². The number of carboxylic acids is 1. The summed E-state index contributed by atoms with van der Waals surface area (Å²) in [7, 11) is 0. The van der Waals surface area contributed by atoms with Crippen LogP contribution in [-0.2, 0) is 9.59 Å². The van der Waals surface area contributed by atoms with Crippen molar-refractivity contribution in [1.29, 1.82) is 5.26 Å². The Bertz CT molecular complexity index is 295. The van der Waals surface area contributed by atoms with E-state index in [0.717, 1.165) is 0 Å². The topological polar surface area (TPSA) is 90.2 Å². The van der Waals surface area contributed by atoms with E-state index in [2.05, 4.69) is 0 Å². The lowest BCUT2D eigenvalue weighted by atomic mass is 9.95. The van der Waals surface area contributed by atoms with Gasteiger partial charge in [0.05, 0.1) is 11.8 Å². The molecule has 2 N–H and O–H groups in total. The smallest absolute Gasteiger partial charge is 0.307 e. The van der Waals surface area contributed by atoms with Gasteiger partial charge in [-0.1, -0.05) is 6.92 Å². The summed E-state index contributed by atoms with van der Waals surface area (Å²) in [6.07, 6.45) is 2.59. The fourth-order valence-corrected chi connectivity index (χ4v) is 2.00. The van der Waals surface area contributed by atoms with E-state index >= 15 is 0 Å². The zero-order valence-corrected chi connectivity index (χ0v) is 7.86. The molecular formula is C9H12N2O3. The Morgan fingerprint density at radius 2 is 2.00 bits per heavy atom. The van der Waals surface area contributed by atoms with Crippen molar-refractivity contribution < 1.29 is 14.7 Å². The zero-order chi connectivity index (χ0) is 10.7. The molecule has 5 heteroatoms. The molecule has 3 atom stereocenters. The molecule has 3 unspecified atom stereocenters. The van der Waals surface area contributed by atoms with Gasteiger partial charge in [-0.05, 0) is 18.8 Å². The van der Waals surface area contributed by atoms with Gasteiger partial charge in [-0.25, -0.2) is 0 Å². The van der Waals surface area contributed by atoms with Gasteiger partial charge in [0.1, 0.15) is 0 Å². The van der Waals surface area contributed by atoms with Gasteiger partial charge >= 0.3 is 5.97 Å². The van der Waals surface area contributed by atoms with E-state index in [1.165, 1.54) is 6.19 Å². The van der Waals surface area contributed by atoms with Crippen molar-refractivity contribution in [3.8, 4) is 6.19 Å². The summed E-state index contributed by atoms with van der Waals surface area (Å²) in [6, 6.07) is 0. The molecule has 0 spiro atoms. The Morgan fingerprint density at radius 3 is 2.50 bits per heavy atom. The fourth-order valence-electron chi connectivity index (χ4n) is 2.00. The van der Waals surface area contributed by atoms with Crippen LogP contribution in [0.25, 0.3) is 0 Å². The molecule has 5 nitrogen and oxygen atoms in total. The molecule has 76 valence electrons. The summed E-state index contributed by atoms with van der Waals surface area (Å²) in [5.41, 5.74) is 0. The van der Waals surface area contributed by atoms with Crippen molar-refractivity contribution in [2.45, 2.75) is 19.8 Å². The van der Waals surface area contributed by atoms with Crippen LogP contribution < -0.4 is 5.32 Å². The van der Waals surface area contributed by atoms with Crippen LogP contribution in [0.3, 0.4) is 0 Å². The van der Waals surface area contributed by atoms with Gasteiger partial charge in [0, 0.05) is 0 Å². The van der Waals surface area contributed by atoms with E-state index in [-0.39, 0.29) is 5.92 Å². The molecule has 14 heavy (non-hydrogen) atoms.